The first kappa shape index (κ1) is 11.7. The van der Waals surface area contributed by atoms with Gasteiger partial charge in [-0.25, -0.2) is 9.78 Å². The molecule has 2 aromatic rings. The Kier molecular flexibility index (Phi) is 3.19. The van der Waals surface area contributed by atoms with E-state index in [1.54, 1.807) is 13.8 Å². The molecule has 17 heavy (non-hydrogen) atoms. The number of carbonyl (C=O) groups is 1. The summed E-state index contributed by atoms with van der Waals surface area (Å²) in [5.41, 5.74) is 0.680. The van der Waals surface area contributed by atoms with Gasteiger partial charge in [0.15, 0.2) is 12.4 Å². The van der Waals surface area contributed by atoms with Crippen molar-refractivity contribution in [3.8, 4) is 0 Å². The topological polar surface area (TPSA) is 78.1 Å². The molecule has 0 aliphatic carbocycles. The molecule has 7 heteroatoms. The van der Waals surface area contributed by atoms with Gasteiger partial charge in [-0.1, -0.05) is 5.16 Å². The van der Waals surface area contributed by atoms with Crippen molar-refractivity contribution < 1.29 is 14.1 Å². The lowest BCUT2D eigenvalue weighted by Crippen LogP contribution is -2.05. The monoisotopic (exact) mass is 253 g/mol. The molecule has 0 spiro atoms. The summed E-state index contributed by atoms with van der Waals surface area (Å²) >= 11 is 1.31. The Labute approximate surface area is 102 Å². The summed E-state index contributed by atoms with van der Waals surface area (Å²) in [6.07, 6.45) is 0. The molecule has 0 saturated carbocycles. The highest BCUT2D eigenvalue weighted by atomic mass is 32.1. The van der Waals surface area contributed by atoms with Gasteiger partial charge in [-0.2, -0.15) is 4.98 Å². The third-order valence-corrected chi connectivity index (χ3v) is 3.04. The van der Waals surface area contributed by atoms with Crippen LogP contribution < -0.4 is 0 Å². The van der Waals surface area contributed by atoms with Crippen molar-refractivity contribution in [1.29, 1.82) is 0 Å². The Morgan fingerprint density at radius 2 is 2.12 bits per heavy atom. The maximum Gasteiger partial charge on any atom is 0.350 e. The van der Waals surface area contributed by atoms with Crippen molar-refractivity contribution in [3.63, 3.8) is 0 Å². The number of hydrogen-bond donors (Lipinski definition) is 0. The number of ether oxygens (including phenoxy) is 1. The molecule has 0 bridgehead atoms. The average molecular weight is 253 g/mol. The molecule has 0 radical (unpaired) electrons. The molecule has 2 aromatic heterocycles. The van der Waals surface area contributed by atoms with E-state index in [9.17, 15) is 4.79 Å². The predicted octanol–water partition coefficient (Wildman–Crippen LogP) is 1.81. The minimum atomic E-state index is -0.413. The van der Waals surface area contributed by atoms with Crippen LogP contribution in [0.25, 0.3) is 0 Å². The molecular formula is C10H11N3O3S. The van der Waals surface area contributed by atoms with E-state index in [4.69, 9.17) is 9.26 Å². The number of nitrogens with zero attached hydrogens (tertiary/aromatic N) is 3. The zero-order chi connectivity index (χ0) is 12.4. The second-order valence-electron chi connectivity index (χ2n) is 3.46. The Morgan fingerprint density at radius 3 is 2.65 bits per heavy atom. The van der Waals surface area contributed by atoms with Gasteiger partial charge < -0.3 is 9.26 Å². The van der Waals surface area contributed by atoms with Gasteiger partial charge in [-0.15, -0.1) is 11.3 Å². The van der Waals surface area contributed by atoms with Crippen molar-refractivity contribution in [1.82, 2.24) is 15.1 Å². The zero-order valence-electron chi connectivity index (χ0n) is 9.68. The van der Waals surface area contributed by atoms with E-state index in [0.717, 1.165) is 5.01 Å². The van der Waals surface area contributed by atoms with Gasteiger partial charge >= 0.3 is 5.97 Å². The molecule has 0 N–H and O–H groups in total. The summed E-state index contributed by atoms with van der Waals surface area (Å²) in [7, 11) is 0. The molecule has 90 valence electrons. The van der Waals surface area contributed by atoms with Crippen LogP contribution in [0.2, 0.25) is 0 Å². The van der Waals surface area contributed by atoms with E-state index < -0.39 is 5.97 Å². The molecule has 2 heterocycles. The molecular weight excluding hydrogens is 242 g/mol. The van der Waals surface area contributed by atoms with E-state index in [2.05, 4.69) is 15.1 Å². The number of hydrogen-bond acceptors (Lipinski definition) is 7. The van der Waals surface area contributed by atoms with Gasteiger partial charge in [0.05, 0.1) is 10.7 Å². The minimum absolute atomic E-state index is 0.0178. The van der Waals surface area contributed by atoms with Crippen molar-refractivity contribution >= 4 is 17.3 Å². The highest BCUT2D eigenvalue weighted by Crippen LogP contribution is 2.18. The van der Waals surface area contributed by atoms with Crippen molar-refractivity contribution in [2.75, 3.05) is 0 Å². The number of esters is 1. The summed E-state index contributed by atoms with van der Waals surface area (Å²) in [6.45, 7) is 5.30. The van der Waals surface area contributed by atoms with Crippen LogP contribution in [0.15, 0.2) is 4.52 Å². The minimum Gasteiger partial charge on any atom is -0.451 e. The fraction of sp³-hybridized carbons (Fsp3) is 0.400. The first-order valence-corrected chi connectivity index (χ1v) is 5.78. The van der Waals surface area contributed by atoms with Gasteiger partial charge in [0, 0.05) is 0 Å². The predicted molar refractivity (Wildman–Crippen MR) is 59.7 cm³/mol. The van der Waals surface area contributed by atoms with E-state index in [-0.39, 0.29) is 12.5 Å². The summed E-state index contributed by atoms with van der Waals surface area (Å²) < 4.78 is 9.89. The molecule has 0 saturated heterocycles. The summed E-state index contributed by atoms with van der Waals surface area (Å²) in [4.78, 5) is 20.3. The fourth-order valence-electron chi connectivity index (χ4n) is 1.31. The first-order valence-electron chi connectivity index (χ1n) is 4.96. The van der Waals surface area contributed by atoms with Crippen molar-refractivity contribution in [2.45, 2.75) is 27.4 Å². The van der Waals surface area contributed by atoms with Gasteiger partial charge in [-0.05, 0) is 20.8 Å². The quantitative estimate of drug-likeness (QED) is 0.776. The van der Waals surface area contributed by atoms with E-state index in [0.29, 0.717) is 16.4 Å². The number of aromatic nitrogens is 3. The molecule has 0 fully saturated rings. The van der Waals surface area contributed by atoms with Crippen LogP contribution in [0.1, 0.15) is 32.1 Å². The maximum absolute atomic E-state index is 11.7. The molecule has 0 amide bonds. The highest BCUT2D eigenvalue weighted by molar-refractivity contribution is 7.13. The fourth-order valence-corrected chi connectivity index (χ4v) is 2.13. The lowest BCUT2D eigenvalue weighted by molar-refractivity contribution is 0.0434. The van der Waals surface area contributed by atoms with Crippen LogP contribution in [0, 0.1) is 20.8 Å². The highest BCUT2D eigenvalue weighted by Gasteiger charge is 2.16. The zero-order valence-corrected chi connectivity index (χ0v) is 10.5. The van der Waals surface area contributed by atoms with E-state index in [1.807, 2.05) is 6.92 Å². The normalized spacial score (nSPS) is 10.5. The number of aryl methyl sites for hydroxylation is 3. The van der Waals surface area contributed by atoms with Gasteiger partial charge in [0.1, 0.15) is 4.88 Å². The van der Waals surface area contributed by atoms with Crippen LogP contribution in [-0.4, -0.2) is 21.1 Å². The van der Waals surface area contributed by atoms with Crippen LogP contribution in [0.3, 0.4) is 0 Å². The third-order valence-electron chi connectivity index (χ3n) is 1.99. The van der Waals surface area contributed by atoms with Crippen molar-refractivity contribution in [2.24, 2.45) is 0 Å². The Bertz CT molecular complexity index is 547. The number of carbonyl (C=O) groups excluding carboxylic acids is 1. The summed E-state index contributed by atoms with van der Waals surface area (Å²) in [6, 6.07) is 0. The van der Waals surface area contributed by atoms with Gasteiger partial charge in [0.25, 0.3) is 5.89 Å². The van der Waals surface area contributed by atoms with Crippen LogP contribution >= 0.6 is 11.3 Å². The summed E-state index contributed by atoms with van der Waals surface area (Å²) in [5.74, 6) is 0.388. The molecule has 0 atom stereocenters. The molecule has 2 rings (SSSR count). The molecule has 0 unspecified atom stereocenters. The molecule has 0 aliphatic rings. The first-order chi connectivity index (χ1) is 8.06. The Balaban J connectivity index is 2.00. The maximum atomic E-state index is 11.7. The van der Waals surface area contributed by atoms with Crippen molar-refractivity contribution in [3.05, 3.63) is 27.3 Å². The van der Waals surface area contributed by atoms with E-state index in [1.165, 1.54) is 11.3 Å². The lowest BCUT2D eigenvalue weighted by atomic mass is 10.4. The lowest BCUT2D eigenvalue weighted by Gasteiger charge is -1.99. The number of thiazole rings is 1. The smallest absolute Gasteiger partial charge is 0.350 e. The Morgan fingerprint density at radius 1 is 1.35 bits per heavy atom. The molecule has 6 nitrogen and oxygen atoms in total. The van der Waals surface area contributed by atoms with Crippen LogP contribution in [0.4, 0.5) is 0 Å². The third kappa shape index (κ3) is 2.68. The van der Waals surface area contributed by atoms with E-state index >= 15 is 0 Å². The van der Waals surface area contributed by atoms with Gasteiger partial charge in [0.2, 0.25) is 0 Å². The second-order valence-corrected chi connectivity index (χ2v) is 4.66. The summed E-state index contributed by atoms with van der Waals surface area (Å²) in [5, 5.41) is 4.44. The Hall–Kier alpha value is -1.76. The molecule has 0 aromatic carbocycles. The largest absolute Gasteiger partial charge is 0.451 e. The SMILES string of the molecule is Cc1noc(COC(=O)c2sc(C)nc2C)n1. The second kappa shape index (κ2) is 4.62. The number of rotatable bonds is 3. The molecule has 0 aliphatic heterocycles. The van der Waals surface area contributed by atoms with Crippen LogP contribution in [0.5, 0.6) is 0 Å². The van der Waals surface area contributed by atoms with Gasteiger partial charge in [-0.3, -0.25) is 0 Å². The average Bonchev–Trinajstić information content (AvgIpc) is 2.81. The van der Waals surface area contributed by atoms with Crippen LogP contribution in [-0.2, 0) is 11.3 Å². The standard InChI is InChI=1S/C10H11N3O3S/c1-5-9(17-7(3)11-5)10(14)15-4-8-12-6(2)13-16-8/h4H2,1-3H3.